The van der Waals surface area contributed by atoms with Gasteiger partial charge in [0.15, 0.2) is 0 Å². The first-order valence-electron chi connectivity index (χ1n) is 7.20. The molecule has 2 aromatic rings. The fraction of sp³-hybridized carbons (Fsp3) is 0.438. The number of nitrogens with zero attached hydrogens (tertiary/aromatic N) is 2. The number of hydrogen-bond donors (Lipinski definition) is 1. The average Bonchev–Trinajstić information content (AvgIpc) is 3.15. The van der Waals surface area contributed by atoms with E-state index in [1.54, 1.807) is 7.11 Å². The van der Waals surface area contributed by atoms with Crippen molar-refractivity contribution < 1.29 is 4.74 Å². The monoisotopic (exact) mass is 271 g/mol. The molecule has 1 saturated heterocycles. The Kier molecular flexibility index (Phi) is 4.14. The highest BCUT2D eigenvalue weighted by Gasteiger charge is 2.21. The third-order valence-corrected chi connectivity index (χ3v) is 3.97. The lowest BCUT2D eigenvalue weighted by Gasteiger charge is -2.16. The van der Waals surface area contributed by atoms with Crippen LogP contribution in [0.5, 0.6) is 0 Å². The Morgan fingerprint density at radius 2 is 2.30 bits per heavy atom. The molecule has 4 nitrogen and oxygen atoms in total. The van der Waals surface area contributed by atoms with E-state index in [9.17, 15) is 0 Å². The number of aromatic nitrogens is 2. The Labute approximate surface area is 119 Å². The lowest BCUT2D eigenvalue weighted by Crippen LogP contribution is -2.12. The van der Waals surface area contributed by atoms with Crippen LogP contribution in [0, 0.1) is 0 Å². The summed E-state index contributed by atoms with van der Waals surface area (Å²) in [6.07, 6.45) is 6.04. The molecule has 20 heavy (non-hydrogen) atoms. The first-order chi connectivity index (χ1) is 9.90. The van der Waals surface area contributed by atoms with Gasteiger partial charge in [0.25, 0.3) is 0 Å². The van der Waals surface area contributed by atoms with Gasteiger partial charge in [0.1, 0.15) is 0 Å². The Morgan fingerprint density at radius 1 is 1.40 bits per heavy atom. The van der Waals surface area contributed by atoms with Crippen LogP contribution in [0.2, 0.25) is 0 Å². The number of benzene rings is 1. The van der Waals surface area contributed by atoms with Crippen molar-refractivity contribution in [1.29, 1.82) is 0 Å². The van der Waals surface area contributed by atoms with Crippen LogP contribution in [-0.2, 0) is 11.2 Å². The maximum atomic E-state index is 5.21. The van der Waals surface area contributed by atoms with Crippen molar-refractivity contribution in [3.8, 4) is 5.69 Å². The molecule has 3 rings (SSSR count). The van der Waals surface area contributed by atoms with E-state index in [-0.39, 0.29) is 0 Å². The number of rotatable bonds is 5. The van der Waals surface area contributed by atoms with Crippen LogP contribution in [-0.4, -0.2) is 36.4 Å². The Morgan fingerprint density at radius 3 is 3.10 bits per heavy atom. The molecular formula is C16H21N3O. The first-order valence-corrected chi connectivity index (χ1v) is 7.20. The predicted octanol–water partition coefficient (Wildman–Crippen LogP) is 2.14. The molecule has 1 aromatic heterocycles. The molecule has 0 aliphatic carbocycles. The van der Waals surface area contributed by atoms with Gasteiger partial charge < -0.3 is 14.6 Å². The normalized spacial score (nSPS) is 18.6. The van der Waals surface area contributed by atoms with E-state index in [2.05, 4.69) is 39.1 Å². The molecule has 1 fully saturated rings. The Balaban J connectivity index is 1.94. The molecule has 0 bridgehead atoms. The van der Waals surface area contributed by atoms with E-state index in [1.165, 1.54) is 23.4 Å². The van der Waals surface area contributed by atoms with Crippen LogP contribution < -0.4 is 5.32 Å². The zero-order chi connectivity index (χ0) is 13.8. The summed E-state index contributed by atoms with van der Waals surface area (Å²) in [4.78, 5) is 4.37. The quantitative estimate of drug-likeness (QED) is 0.905. The first kappa shape index (κ1) is 13.3. The molecule has 1 unspecified atom stereocenters. The summed E-state index contributed by atoms with van der Waals surface area (Å²) >= 11 is 0. The number of methoxy groups -OCH3 is 1. The summed E-state index contributed by atoms with van der Waals surface area (Å²) in [5.74, 6) is 0.563. The van der Waals surface area contributed by atoms with Gasteiger partial charge in [0.05, 0.1) is 18.6 Å². The number of imidazole rings is 1. The van der Waals surface area contributed by atoms with E-state index >= 15 is 0 Å². The van der Waals surface area contributed by atoms with Gasteiger partial charge in [-0.3, -0.25) is 0 Å². The van der Waals surface area contributed by atoms with Gasteiger partial charge in [-0.15, -0.1) is 0 Å². The smallest absolute Gasteiger partial charge is 0.0994 e. The van der Waals surface area contributed by atoms with E-state index in [4.69, 9.17) is 4.74 Å². The second-order valence-corrected chi connectivity index (χ2v) is 5.25. The number of nitrogens with one attached hydrogen (secondary N) is 1. The molecule has 0 saturated carbocycles. The molecule has 0 amide bonds. The standard InChI is InChI=1S/C16H21N3O/c1-20-9-7-13-4-2-3-5-15(13)19-12-18-11-16(19)14-6-8-17-10-14/h2-5,11-12,14,17H,6-10H2,1H3. The van der Waals surface area contributed by atoms with Crippen LogP contribution in [0.1, 0.15) is 23.6 Å². The van der Waals surface area contributed by atoms with Crippen molar-refractivity contribution in [1.82, 2.24) is 14.9 Å². The topological polar surface area (TPSA) is 39.1 Å². The number of para-hydroxylation sites is 1. The zero-order valence-electron chi connectivity index (χ0n) is 11.9. The maximum Gasteiger partial charge on any atom is 0.0994 e. The second kappa shape index (κ2) is 6.20. The minimum Gasteiger partial charge on any atom is -0.384 e. The highest BCUT2D eigenvalue weighted by Crippen LogP contribution is 2.26. The number of ether oxygens (including phenoxy) is 1. The van der Waals surface area contributed by atoms with Crippen molar-refractivity contribution in [2.75, 3.05) is 26.8 Å². The average molecular weight is 271 g/mol. The molecule has 0 radical (unpaired) electrons. The van der Waals surface area contributed by atoms with Gasteiger partial charge >= 0.3 is 0 Å². The Hall–Kier alpha value is -1.65. The molecule has 4 heteroatoms. The summed E-state index contributed by atoms with van der Waals surface area (Å²) in [5.41, 5.74) is 3.84. The van der Waals surface area contributed by atoms with Gasteiger partial charge in [-0.05, 0) is 31.0 Å². The van der Waals surface area contributed by atoms with Gasteiger partial charge in [-0.2, -0.15) is 0 Å². The third kappa shape index (κ3) is 2.62. The van der Waals surface area contributed by atoms with Crippen LogP contribution in [0.3, 0.4) is 0 Å². The van der Waals surface area contributed by atoms with E-state index in [0.29, 0.717) is 5.92 Å². The van der Waals surface area contributed by atoms with Crippen LogP contribution in [0.25, 0.3) is 5.69 Å². The fourth-order valence-electron chi connectivity index (χ4n) is 2.88. The predicted molar refractivity (Wildman–Crippen MR) is 79.4 cm³/mol. The van der Waals surface area contributed by atoms with Crippen molar-refractivity contribution in [2.45, 2.75) is 18.8 Å². The minimum absolute atomic E-state index is 0.563. The molecule has 1 atom stereocenters. The fourth-order valence-corrected chi connectivity index (χ4v) is 2.88. The van der Waals surface area contributed by atoms with Crippen molar-refractivity contribution in [2.24, 2.45) is 0 Å². The molecule has 1 aliphatic rings. The van der Waals surface area contributed by atoms with Crippen molar-refractivity contribution in [3.63, 3.8) is 0 Å². The molecule has 2 heterocycles. The minimum atomic E-state index is 0.563. The second-order valence-electron chi connectivity index (χ2n) is 5.25. The van der Waals surface area contributed by atoms with Crippen LogP contribution in [0.15, 0.2) is 36.8 Å². The Bertz CT molecular complexity index is 558. The highest BCUT2D eigenvalue weighted by molar-refractivity contribution is 5.43. The lowest BCUT2D eigenvalue weighted by molar-refractivity contribution is 0.202. The van der Waals surface area contributed by atoms with Crippen molar-refractivity contribution >= 4 is 0 Å². The summed E-state index contributed by atoms with van der Waals surface area (Å²) in [6, 6.07) is 8.51. The van der Waals surface area contributed by atoms with Crippen LogP contribution in [0.4, 0.5) is 0 Å². The maximum absolute atomic E-state index is 5.21. The van der Waals surface area contributed by atoms with E-state index < -0.39 is 0 Å². The van der Waals surface area contributed by atoms with Gasteiger partial charge in [0.2, 0.25) is 0 Å². The van der Waals surface area contributed by atoms with E-state index in [0.717, 1.165) is 26.1 Å². The largest absolute Gasteiger partial charge is 0.384 e. The van der Waals surface area contributed by atoms with Crippen molar-refractivity contribution in [3.05, 3.63) is 48.0 Å². The van der Waals surface area contributed by atoms with E-state index in [1.807, 2.05) is 12.5 Å². The molecule has 0 spiro atoms. The zero-order valence-corrected chi connectivity index (χ0v) is 11.9. The molecule has 1 aromatic carbocycles. The summed E-state index contributed by atoms with van der Waals surface area (Å²) in [7, 11) is 1.75. The summed E-state index contributed by atoms with van der Waals surface area (Å²) in [5, 5.41) is 3.43. The summed E-state index contributed by atoms with van der Waals surface area (Å²) in [6.45, 7) is 2.89. The highest BCUT2D eigenvalue weighted by atomic mass is 16.5. The molecule has 106 valence electrons. The van der Waals surface area contributed by atoms with Crippen LogP contribution >= 0.6 is 0 Å². The van der Waals surface area contributed by atoms with Gasteiger partial charge in [-0.25, -0.2) is 4.98 Å². The molecule has 1 aliphatic heterocycles. The summed E-state index contributed by atoms with van der Waals surface area (Å²) < 4.78 is 7.45. The van der Waals surface area contributed by atoms with Gasteiger partial charge in [-0.1, -0.05) is 18.2 Å². The third-order valence-electron chi connectivity index (χ3n) is 3.97. The number of hydrogen-bond acceptors (Lipinski definition) is 3. The lowest BCUT2D eigenvalue weighted by atomic mass is 10.0. The molecule has 1 N–H and O–H groups in total. The van der Waals surface area contributed by atoms with Gasteiger partial charge in [0, 0.05) is 31.5 Å². The molecular weight excluding hydrogens is 250 g/mol. The SMILES string of the molecule is COCCc1ccccc1-n1cncc1C1CCNC1.